The molecule has 0 saturated heterocycles. The third kappa shape index (κ3) is 43.8. The molecule has 0 aromatic carbocycles. The Balaban J connectivity index is 0. The molecule has 13 heavy (non-hydrogen) atoms. The van der Waals surface area contributed by atoms with E-state index < -0.39 is 15.1 Å². The monoisotopic (exact) mass is 302 g/mol. The summed E-state index contributed by atoms with van der Waals surface area (Å²) >= 11 is -3.74. The maximum absolute atomic E-state index is 9.88. The van der Waals surface area contributed by atoms with Crippen LogP contribution in [0.1, 0.15) is 13.8 Å². The molecule has 7 heteroatoms. The van der Waals surface area contributed by atoms with Crippen LogP contribution in [0.3, 0.4) is 0 Å². The summed E-state index contributed by atoms with van der Waals surface area (Å²) in [6, 6.07) is 0. The van der Waals surface area contributed by atoms with E-state index in [-0.39, 0.29) is 0 Å². The third-order valence-corrected chi connectivity index (χ3v) is 3.19. The average Bonchev–Trinajstić information content (AvgIpc) is 1.95. The first-order valence-electron chi connectivity index (χ1n) is 3.94. The molecule has 0 heterocycles. The normalized spacial score (nSPS) is 10.6. The zero-order valence-electron chi connectivity index (χ0n) is 7.73. The zero-order valence-corrected chi connectivity index (χ0v) is 11.6. The van der Waals surface area contributed by atoms with Crippen molar-refractivity contribution in [3.8, 4) is 0 Å². The van der Waals surface area contributed by atoms with Gasteiger partial charge < -0.3 is 0 Å². The summed E-state index contributed by atoms with van der Waals surface area (Å²) in [5, 5.41) is 0. The molecule has 0 aromatic rings. The minimum absolute atomic E-state index is 1.33. The van der Waals surface area contributed by atoms with Crippen molar-refractivity contribution in [3.05, 3.63) is 0 Å². The number of halogens is 4. The van der Waals surface area contributed by atoms with Crippen LogP contribution in [-0.4, -0.2) is 38.1 Å². The Morgan fingerprint density at radius 2 is 1.08 bits per heavy atom. The van der Waals surface area contributed by atoms with Gasteiger partial charge in [0, 0.05) is 0 Å². The van der Waals surface area contributed by atoms with E-state index in [1.165, 1.54) is 23.0 Å². The van der Waals surface area contributed by atoms with E-state index in [9.17, 15) is 14.0 Å². The van der Waals surface area contributed by atoms with Crippen molar-refractivity contribution in [3.63, 3.8) is 0 Å². The van der Waals surface area contributed by atoms with Crippen LogP contribution in [0.4, 0.5) is 14.0 Å². The molecule has 82 valence electrons. The second-order valence-corrected chi connectivity index (χ2v) is 6.81. The molecule has 0 aliphatic rings. The van der Waals surface area contributed by atoms with E-state index in [0.717, 1.165) is 0 Å². The van der Waals surface area contributed by atoms with Crippen molar-refractivity contribution in [1.29, 1.82) is 0 Å². The first-order chi connectivity index (χ1) is 5.91. The van der Waals surface area contributed by atoms with Gasteiger partial charge in [0.25, 0.3) is 0 Å². The minimum atomic E-state index is -7.00. The second kappa shape index (κ2) is 11.0. The van der Waals surface area contributed by atoms with Gasteiger partial charge in [0.15, 0.2) is 0 Å². The van der Waals surface area contributed by atoms with Gasteiger partial charge in [-0.1, -0.05) is 0 Å². The fourth-order valence-corrected chi connectivity index (χ4v) is 2.22. The van der Waals surface area contributed by atoms with Crippen LogP contribution >= 0.6 is 0 Å². The Morgan fingerprint density at radius 3 is 1.23 bits per heavy atom. The van der Waals surface area contributed by atoms with Crippen molar-refractivity contribution in [2.24, 2.45) is 0 Å². The Morgan fingerprint density at radius 1 is 0.846 bits per heavy atom. The molecule has 0 bridgehead atoms. The molecule has 0 N–H and O–H groups in total. The predicted octanol–water partition coefficient (Wildman–Crippen LogP) is 1.96. The molecule has 0 aromatic heterocycles. The molecule has 0 nitrogen and oxygen atoms in total. The molecule has 0 atom stereocenters. The number of hydrogen-bond acceptors (Lipinski definition) is 0. The van der Waals surface area contributed by atoms with Crippen molar-refractivity contribution < 1.29 is 14.0 Å². The van der Waals surface area contributed by atoms with Gasteiger partial charge in [-0.2, -0.15) is 0 Å². The summed E-state index contributed by atoms with van der Waals surface area (Å²) in [7, 11) is 0. The molecule has 0 saturated carbocycles. The van der Waals surface area contributed by atoms with Gasteiger partial charge in [-0.25, -0.2) is 0 Å². The fourth-order valence-electron chi connectivity index (χ4n) is 0.458. The maximum atomic E-state index is 9.88. The van der Waals surface area contributed by atoms with Crippen LogP contribution < -0.4 is 0 Å². The van der Waals surface area contributed by atoms with Crippen LogP contribution in [0.15, 0.2) is 0 Å². The Kier molecular flexibility index (Phi) is 13.9. The van der Waals surface area contributed by atoms with Crippen molar-refractivity contribution in [2.75, 3.05) is 23.0 Å². The quantitative estimate of drug-likeness (QED) is 0.239. The SMILES string of the molecule is CC[SH+]CC[SH+]CC.[F][Ge]([F])([F])[F]. The molecular weight excluding hydrogens is 285 g/mol. The van der Waals surface area contributed by atoms with Gasteiger partial charge in [-0.05, 0) is 37.4 Å². The molecule has 0 aliphatic heterocycles. The summed E-state index contributed by atoms with van der Waals surface area (Å²) in [4.78, 5) is 0. The molecule has 0 spiro atoms. The van der Waals surface area contributed by atoms with Crippen molar-refractivity contribution in [2.45, 2.75) is 13.8 Å². The summed E-state index contributed by atoms with van der Waals surface area (Å²) in [6.07, 6.45) is 0. The Labute approximate surface area is 89.5 Å². The van der Waals surface area contributed by atoms with Gasteiger partial charge in [0.05, 0.1) is 0 Å². The van der Waals surface area contributed by atoms with Gasteiger partial charge in [-0.3, -0.25) is 0 Å². The Bertz CT molecular complexity index is 87.1. The van der Waals surface area contributed by atoms with Gasteiger partial charge in [-0.15, -0.1) is 0 Å². The van der Waals surface area contributed by atoms with Gasteiger partial charge in [0.2, 0.25) is 0 Å². The van der Waals surface area contributed by atoms with E-state index in [0.29, 0.717) is 0 Å². The first-order valence-corrected chi connectivity index (χ1v) is 9.64. The summed E-state index contributed by atoms with van der Waals surface area (Å²) < 4.78 is 39.5. The third-order valence-electron chi connectivity index (χ3n) is 0.863. The standard InChI is InChI=1S/C6H14S2.F4Ge/c1-3-7-5-6-8-4-2;1-5(2,3)4/h3-6H2,1-2H3;/p+2. The summed E-state index contributed by atoms with van der Waals surface area (Å²) in [6.45, 7) is 4.48. The fraction of sp³-hybridized carbons (Fsp3) is 1.00. The zero-order chi connectivity index (χ0) is 10.7. The molecule has 0 aliphatic carbocycles. The van der Waals surface area contributed by atoms with Crippen LogP contribution in [0.2, 0.25) is 0 Å². The van der Waals surface area contributed by atoms with Crippen LogP contribution in [0.5, 0.6) is 0 Å². The molecular formula is C6H16F4GeS2+2. The number of thiol groups is 2. The van der Waals surface area contributed by atoms with E-state index in [2.05, 4.69) is 13.8 Å². The van der Waals surface area contributed by atoms with Crippen LogP contribution in [0, 0.1) is 0 Å². The Hall–Kier alpha value is 0.963. The van der Waals surface area contributed by atoms with Crippen molar-refractivity contribution in [1.82, 2.24) is 0 Å². The van der Waals surface area contributed by atoms with E-state index in [1.807, 2.05) is 0 Å². The van der Waals surface area contributed by atoms with E-state index in [1.54, 1.807) is 23.5 Å². The van der Waals surface area contributed by atoms with Crippen LogP contribution in [0.25, 0.3) is 0 Å². The molecule has 0 unspecified atom stereocenters. The summed E-state index contributed by atoms with van der Waals surface area (Å²) in [5.41, 5.74) is 0. The van der Waals surface area contributed by atoms with E-state index >= 15 is 0 Å². The molecule has 0 rings (SSSR count). The molecule has 0 radical (unpaired) electrons. The number of rotatable bonds is 5. The first kappa shape index (κ1) is 16.4. The van der Waals surface area contributed by atoms with Crippen molar-refractivity contribution >= 4 is 38.6 Å². The number of hydrogen-bond donors (Lipinski definition) is 0. The van der Waals surface area contributed by atoms with Gasteiger partial charge >= 0.3 is 29.1 Å². The molecule has 0 fully saturated rings. The second-order valence-electron chi connectivity index (χ2n) is 1.96. The summed E-state index contributed by atoms with van der Waals surface area (Å²) in [5.74, 6) is 5.48. The predicted molar refractivity (Wildman–Crippen MR) is 58.5 cm³/mol. The average molecular weight is 301 g/mol. The topological polar surface area (TPSA) is 0 Å². The van der Waals surface area contributed by atoms with Crippen LogP contribution in [-0.2, 0) is 23.5 Å². The molecule has 0 amide bonds. The van der Waals surface area contributed by atoms with Gasteiger partial charge in [0.1, 0.15) is 23.0 Å². The van der Waals surface area contributed by atoms with E-state index in [4.69, 9.17) is 0 Å².